The molecular formula is C14H16N4O3. The summed E-state index contributed by atoms with van der Waals surface area (Å²) in [7, 11) is 0. The van der Waals surface area contributed by atoms with Crippen molar-refractivity contribution >= 4 is 5.69 Å². The van der Waals surface area contributed by atoms with E-state index in [4.69, 9.17) is 0 Å². The standard InChI is InChI=1S/C14H16N4O3/c19-13-4-2-1-3-11(13)17-9-12(18(20)21)14(16-17)10-5-7-15-8-6-10/h5-9,11,13,19H,1-4H2/t11-,13+/m1/s1. The predicted molar refractivity (Wildman–Crippen MR) is 75.6 cm³/mol. The number of aliphatic hydroxyl groups excluding tert-OH is 1. The smallest absolute Gasteiger partial charge is 0.314 e. The molecule has 0 spiro atoms. The fourth-order valence-electron chi connectivity index (χ4n) is 2.80. The molecule has 21 heavy (non-hydrogen) atoms. The maximum absolute atomic E-state index is 11.2. The van der Waals surface area contributed by atoms with Gasteiger partial charge in [0.1, 0.15) is 6.20 Å². The molecule has 1 saturated carbocycles. The Hall–Kier alpha value is -2.28. The summed E-state index contributed by atoms with van der Waals surface area (Å²) in [5, 5.41) is 25.7. The van der Waals surface area contributed by atoms with Crippen molar-refractivity contribution in [3.63, 3.8) is 0 Å². The van der Waals surface area contributed by atoms with Gasteiger partial charge in [0, 0.05) is 18.0 Å². The maximum atomic E-state index is 11.2. The SMILES string of the molecule is O=[N+]([O-])c1cn([C@@H]2CCCC[C@@H]2O)nc1-c1ccncc1. The van der Waals surface area contributed by atoms with E-state index in [0.29, 0.717) is 17.7 Å². The van der Waals surface area contributed by atoms with E-state index in [1.165, 1.54) is 6.20 Å². The van der Waals surface area contributed by atoms with Crippen molar-refractivity contribution in [2.75, 3.05) is 0 Å². The Morgan fingerprint density at radius 1 is 1.29 bits per heavy atom. The highest BCUT2D eigenvalue weighted by atomic mass is 16.6. The van der Waals surface area contributed by atoms with E-state index in [0.717, 1.165) is 19.3 Å². The number of pyridine rings is 1. The summed E-state index contributed by atoms with van der Waals surface area (Å²) in [6.45, 7) is 0. The minimum absolute atomic E-state index is 0.0426. The van der Waals surface area contributed by atoms with E-state index in [2.05, 4.69) is 10.1 Å². The molecule has 0 saturated heterocycles. The number of nitrogens with zero attached hydrogens (tertiary/aromatic N) is 4. The lowest BCUT2D eigenvalue weighted by Crippen LogP contribution is -2.27. The Morgan fingerprint density at radius 3 is 2.67 bits per heavy atom. The second-order valence-electron chi connectivity index (χ2n) is 5.26. The zero-order valence-corrected chi connectivity index (χ0v) is 11.4. The Balaban J connectivity index is 2.02. The average Bonchev–Trinajstić information content (AvgIpc) is 2.94. The van der Waals surface area contributed by atoms with Crippen LogP contribution in [-0.2, 0) is 0 Å². The normalized spacial score (nSPS) is 22.1. The highest BCUT2D eigenvalue weighted by molar-refractivity contribution is 5.68. The average molecular weight is 288 g/mol. The molecule has 0 bridgehead atoms. The number of hydrogen-bond acceptors (Lipinski definition) is 5. The predicted octanol–water partition coefficient (Wildman–Crippen LogP) is 2.33. The quantitative estimate of drug-likeness (QED) is 0.691. The van der Waals surface area contributed by atoms with Crippen molar-refractivity contribution in [2.24, 2.45) is 0 Å². The molecule has 1 fully saturated rings. The molecule has 0 aliphatic heterocycles. The topological polar surface area (TPSA) is 94.1 Å². The molecule has 1 aliphatic rings. The summed E-state index contributed by atoms with van der Waals surface area (Å²) in [6, 6.07) is 3.20. The molecule has 1 aliphatic carbocycles. The van der Waals surface area contributed by atoms with Crippen molar-refractivity contribution < 1.29 is 10.0 Å². The number of rotatable bonds is 3. The fourth-order valence-corrected chi connectivity index (χ4v) is 2.80. The Kier molecular flexibility index (Phi) is 3.66. The molecule has 7 heteroatoms. The molecular weight excluding hydrogens is 272 g/mol. The lowest BCUT2D eigenvalue weighted by atomic mass is 9.93. The zero-order valence-electron chi connectivity index (χ0n) is 11.4. The second-order valence-corrected chi connectivity index (χ2v) is 5.26. The van der Waals surface area contributed by atoms with Crippen molar-refractivity contribution in [1.29, 1.82) is 0 Å². The first kappa shape index (κ1) is 13.7. The molecule has 1 N–H and O–H groups in total. The van der Waals surface area contributed by atoms with E-state index in [9.17, 15) is 15.2 Å². The van der Waals surface area contributed by atoms with Crippen LogP contribution in [-0.4, -0.2) is 30.9 Å². The van der Waals surface area contributed by atoms with Gasteiger partial charge in [-0.25, -0.2) is 0 Å². The van der Waals surface area contributed by atoms with Crippen molar-refractivity contribution in [1.82, 2.24) is 14.8 Å². The lowest BCUT2D eigenvalue weighted by Gasteiger charge is -2.27. The fraction of sp³-hybridized carbons (Fsp3) is 0.429. The van der Waals surface area contributed by atoms with Gasteiger partial charge in [-0.3, -0.25) is 19.8 Å². The Morgan fingerprint density at radius 2 is 2.00 bits per heavy atom. The molecule has 0 radical (unpaired) electrons. The van der Waals surface area contributed by atoms with Gasteiger partial charge in [-0.15, -0.1) is 0 Å². The molecule has 2 heterocycles. The van der Waals surface area contributed by atoms with E-state index < -0.39 is 11.0 Å². The third kappa shape index (κ3) is 2.64. The minimum atomic E-state index is -0.497. The third-order valence-electron chi connectivity index (χ3n) is 3.90. The summed E-state index contributed by atoms with van der Waals surface area (Å²) in [5.41, 5.74) is 0.930. The largest absolute Gasteiger partial charge is 0.391 e. The van der Waals surface area contributed by atoms with Crippen molar-refractivity contribution in [2.45, 2.75) is 37.8 Å². The van der Waals surface area contributed by atoms with Crippen LogP contribution < -0.4 is 0 Å². The van der Waals surface area contributed by atoms with E-state index in [1.807, 2.05) is 0 Å². The van der Waals surface area contributed by atoms with Crippen molar-refractivity contribution in [3.05, 3.63) is 40.8 Å². The molecule has 0 aromatic carbocycles. The minimum Gasteiger partial charge on any atom is -0.391 e. The first-order chi connectivity index (χ1) is 10.2. The summed E-state index contributed by atoms with van der Waals surface area (Å²) in [6.07, 6.45) is 7.57. The van der Waals surface area contributed by atoms with Crippen LogP contribution in [0.3, 0.4) is 0 Å². The van der Waals surface area contributed by atoms with E-state index in [-0.39, 0.29) is 11.7 Å². The van der Waals surface area contributed by atoms with Crippen LogP contribution in [0.5, 0.6) is 0 Å². The molecule has 110 valence electrons. The van der Waals surface area contributed by atoms with Crippen molar-refractivity contribution in [3.8, 4) is 11.3 Å². The van der Waals surface area contributed by atoms with Gasteiger partial charge in [0.05, 0.1) is 17.1 Å². The monoisotopic (exact) mass is 288 g/mol. The van der Waals surface area contributed by atoms with Crippen LogP contribution in [0.1, 0.15) is 31.7 Å². The van der Waals surface area contributed by atoms with Gasteiger partial charge >= 0.3 is 5.69 Å². The number of aliphatic hydroxyl groups is 1. The van der Waals surface area contributed by atoms with Gasteiger partial charge < -0.3 is 5.11 Å². The van der Waals surface area contributed by atoms with Crippen LogP contribution in [0, 0.1) is 10.1 Å². The first-order valence-corrected chi connectivity index (χ1v) is 6.99. The van der Waals surface area contributed by atoms with Crippen LogP contribution in [0.15, 0.2) is 30.7 Å². The molecule has 2 aromatic heterocycles. The lowest BCUT2D eigenvalue weighted by molar-refractivity contribution is -0.384. The van der Waals surface area contributed by atoms with Crippen LogP contribution in [0.25, 0.3) is 11.3 Å². The van der Waals surface area contributed by atoms with Gasteiger partial charge in [0.2, 0.25) is 0 Å². The van der Waals surface area contributed by atoms with Gasteiger partial charge in [-0.1, -0.05) is 12.8 Å². The molecule has 2 atom stereocenters. The molecule has 7 nitrogen and oxygen atoms in total. The van der Waals surface area contributed by atoms with Crippen LogP contribution in [0.2, 0.25) is 0 Å². The van der Waals surface area contributed by atoms with E-state index >= 15 is 0 Å². The maximum Gasteiger partial charge on any atom is 0.314 e. The van der Waals surface area contributed by atoms with Gasteiger partial charge in [-0.05, 0) is 25.0 Å². The van der Waals surface area contributed by atoms with E-state index in [1.54, 1.807) is 29.2 Å². The Bertz CT molecular complexity index is 641. The summed E-state index contributed by atoms with van der Waals surface area (Å²) in [4.78, 5) is 14.7. The first-order valence-electron chi connectivity index (χ1n) is 6.99. The highest BCUT2D eigenvalue weighted by Crippen LogP contribution is 2.33. The van der Waals surface area contributed by atoms with Gasteiger partial charge in [0.15, 0.2) is 5.69 Å². The molecule has 0 unspecified atom stereocenters. The second kappa shape index (κ2) is 5.61. The van der Waals surface area contributed by atoms with Crippen LogP contribution in [0.4, 0.5) is 5.69 Å². The number of hydrogen-bond donors (Lipinski definition) is 1. The summed E-state index contributed by atoms with van der Waals surface area (Å²) >= 11 is 0. The summed E-state index contributed by atoms with van der Waals surface area (Å²) in [5.74, 6) is 0. The highest BCUT2D eigenvalue weighted by Gasteiger charge is 2.29. The number of aromatic nitrogens is 3. The van der Waals surface area contributed by atoms with Crippen LogP contribution >= 0.6 is 0 Å². The zero-order chi connectivity index (χ0) is 14.8. The number of nitro groups is 1. The molecule has 3 rings (SSSR count). The molecule has 0 amide bonds. The third-order valence-corrected chi connectivity index (χ3v) is 3.90. The Labute approximate surface area is 121 Å². The summed E-state index contributed by atoms with van der Waals surface area (Å²) < 4.78 is 1.55. The molecule has 2 aromatic rings. The van der Waals surface area contributed by atoms with Gasteiger partial charge in [0.25, 0.3) is 0 Å². The van der Waals surface area contributed by atoms with Gasteiger partial charge in [-0.2, -0.15) is 5.10 Å².